The number of rotatable bonds is 4. The Morgan fingerprint density at radius 2 is 2.50 bits per heavy atom. The van der Waals surface area contributed by atoms with Crippen molar-refractivity contribution in [2.45, 2.75) is 6.04 Å². The van der Waals surface area contributed by atoms with Gasteiger partial charge in [-0.05, 0) is 6.26 Å². The van der Waals surface area contributed by atoms with Crippen LogP contribution in [0.1, 0.15) is 0 Å². The van der Waals surface area contributed by atoms with E-state index in [1.54, 1.807) is 0 Å². The molecule has 0 rings (SSSR count). The van der Waals surface area contributed by atoms with E-state index in [0.29, 0.717) is 12.1 Å². The minimum atomic E-state index is -0.476. The van der Waals surface area contributed by atoms with Gasteiger partial charge in [0.05, 0.1) is 0 Å². The molecule has 60 valence electrons. The lowest BCUT2D eigenvalue weighted by molar-refractivity contribution is -0.142. The average molecular weight is 181 g/mol. The summed E-state index contributed by atoms with van der Waals surface area (Å²) >= 11 is 1.53. The van der Waals surface area contributed by atoms with Gasteiger partial charge in [0.1, 0.15) is 12.4 Å². The molecule has 0 aromatic rings. The molecule has 0 fully saturated rings. The molecule has 0 aliphatic carbocycles. The van der Waals surface area contributed by atoms with Crippen LogP contribution in [0.4, 0.5) is 0 Å². The van der Waals surface area contributed by atoms with E-state index in [-0.39, 0.29) is 5.97 Å². The fraction of sp³-hybridized carbons (Fsp3) is 0.800. The van der Waals surface area contributed by atoms with Gasteiger partial charge in [-0.25, -0.2) is 0 Å². The number of hydrogen-bond acceptors (Lipinski definition) is 4. The van der Waals surface area contributed by atoms with Gasteiger partial charge in [0.15, 0.2) is 0 Å². The average Bonchev–Trinajstić information content (AvgIpc) is 1.89. The summed E-state index contributed by atoms with van der Waals surface area (Å²) < 4.78 is 4.64. The molecule has 2 atom stereocenters. The van der Waals surface area contributed by atoms with Crippen molar-refractivity contribution in [2.75, 3.05) is 18.4 Å². The molecule has 0 aliphatic rings. The smallest absolute Gasteiger partial charge is 0.324 e. The molecule has 0 spiro atoms. The summed E-state index contributed by atoms with van der Waals surface area (Å²) in [5.41, 5.74) is 5.41. The van der Waals surface area contributed by atoms with Gasteiger partial charge < -0.3 is 10.5 Å². The van der Waals surface area contributed by atoms with Gasteiger partial charge in [0, 0.05) is 5.75 Å². The summed E-state index contributed by atoms with van der Waals surface area (Å²) in [7, 11) is 2.30. The highest BCUT2D eigenvalue weighted by Gasteiger charge is 2.12. The molecule has 0 amide bonds. The Hall–Kier alpha value is 0.210. The molecule has 5 heteroatoms. The third kappa shape index (κ3) is 4.09. The van der Waals surface area contributed by atoms with Crippen molar-refractivity contribution in [3.63, 3.8) is 0 Å². The first-order chi connectivity index (χ1) is 4.72. The third-order valence-corrected chi connectivity index (χ3v) is 1.73. The second kappa shape index (κ2) is 5.96. The van der Waals surface area contributed by atoms with Crippen LogP contribution in [-0.2, 0) is 9.53 Å². The zero-order chi connectivity index (χ0) is 7.98. The fourth-order valence-corrected chi connectivity index (χ4v) is 1.10. The van der Waals surface area contributed by atoms with Crippen molar-refractivity contribution < 1.29 is 9.53 Å². The van der Waals surface area contributed by atoms with Crippen molar-refractivity contribution in [1.29, 1.82) is 0 Å². The Labute approximate surface area is 67.3 Å². The highest BCUT2D eigenvalue weighted by atomic mass is 32.2. The van der Waals surface area contributed by atoms with Crippen molar-refractivity contribution in [2.24, 2.45) is 5.73 Å². The zero-order valence-electron chi connectivity index (χ0n) is 5.87. The van der Waals surface area contributed by atoms with Crippen LogP contribution in [0.2, 0.25) is 0 Å². The first kappa shape index (κ1) is 10.2. The second-order valence-corrected chi connectivity index (χ2v) is 2.94. The number of hydrogen-bond donors (Lipinski definition) is 1. The van der Waals surface area contributed by atoms with E-state index in [0.717, 1.165) is 0 Å². The first-order valence-corrected chi connectivity index (χ1v) is 5.04. The van der Waals surface area contributed by atoms with Gasteiger partial charge in [-0.15, -0.1) is 0 Å². The molecule has 0 aromatic heterocycles. The van der Waals surface area contributed by atoms with E-state index in [4.69, 9.17) is 5.73 Å². The highest BCUT2D eigenvalue weighted by Crippen LogP contribution is 1.97. The van der Waals surface area contributed by atoms with Gasteiger partial charge in [-0.3, -0.25) is 4.79 Å². The van der Waals surface area contributed by atoms with Crippen LogP contribution >= 0.6 is 21.0 Å². The van der Waals surface area contributed by atoms with Crippen LogP contribution in [0, 0.1) is 0 Å². The fourth-order valence-electron chi connectivity index (χ4n) is 0.437. The first-order valence-electron chi connectivity index (χ1n) is 2.83. The van der Waals surface area contributed by atoms with Crippen LogP contribution in [0.3, 0.4) is 0 Å². The van der Waals surface area contributed by atoms with Crippen molar-refractivity contribution in [3.05, 3.63) is 0 Å². The van der Waals surface area contributed by atoms with Crippen LogP contribution in [0.5, 0.6) is 0 Å². The maximum Gasteiger partial charge on any atom is 0.324 e. The number of nitrogens with two attached hydrogens (primary N) is 1. The van der Waals surface area contributed by atoms with E-state index < -0.39 is 6.04 Å². The lowest BCUT2D eigenvalue weighted by Gasteiger charge is -2.07. The molecule has 0 aliphatic heterocycles. The summed E-state index contributed by atoms with van der Waals surface area (Å²) in [6.45, 7) is 0. The van der Waals surface area contributed by atoms with Gasteiger partial charge in [-0.1, -0.05) is 9.24 Å². The van der Waals surface area contributed by atoms with Crippen LogP contribution in [0.25, 0.3) is 0 Å². The van der Waals surface area contributed by atoms with Crippen LogP contribution in [-0.4, -0.2) is 30.4 Å². The van der Waals surface area contributed by atoms with E-state index in [1.165, 1.54) is 11.8 Å². The minimum Gasteiger partial charge on any atom is -0.460 e. The summed E-state index contributed by atoms with van der Waals surface area (Å²) in [5.74, 6) is 0.285. The van der Waals surface area contributed by atoms with E-state index >= 15 is 0 Å². The molecule has 1 unspecified atom stereocenters. The highest BCUT2D eigenvalue weighted by molar-refractivity contribution is 7.98. The van der Waals surface area contributed by atoms with Gasteiger partial charge in [-0.2, -0.15) is 11.8 Å². The van der Waals surface area contributed by atoms with Gasteiger partial charge >= 0.3 is 5.97 Å². The SMILES string of the molecule is CSC[C@H](N)C(=O)OCP. The Bertz CT molecular complexity index is 112. The number of ether oxygens (including phenoxy) is 1. The molecule has 0 bridgehead atoms. The Kier molecular flexibility index (Phi) is 6.08. The summed E-state index contributed by atoms with van der Waals surface area (Å²) in [6.07, 6.45) is 2.22. The molecule has 3 nitrogen and oxygen atoms in total. The summed E-state index contributed by atoms with van der Waals surface area (Å²) in [6, 6.07) is -0.476. The summed E-state index contributed by atoms with van der Waals surface area (Å²) in [4.78, 5) is 10.8. The molecule has 10 heavy (non-hydrogen) atoms. The molecule has 0 radical (unpaired) electrons. The van der Waals surface area contributed by atoms with E-state index in [1.807, 2.05) is 6.26 Å². The predicted octanol–water partition coefficient (Wildman–Crippen LogP) is 0.0525. The normalized spacial score (nSPS) is 12.7. The lowest BCUT2D eigenvalue weighted by atomic mass is 10.4. The topological polar surface area (TPSA) is 52.3 Å². The molecular formula is C5H12NO2PS. The maximum atomic E-state index is 10.8. The Morgan fingerprint density at radius 1 is 1.90 bits per heavy atom. The maximum absolute atomic E-state index is 10.8. The summed E-state index contributed by atoms with van der Waals surface area (Å²) in [5, 5.41) is 0. The predicted molar refractivity (Wildman–Crippen MR) is 47.0 cm³/mol. The number of carbonyl (C=O) groups is 1. The molecule has 0 saturated carbocycles. The standard InChI is InChI=1S/C5H12NO2PS/c1-10-2-4(6)5(7)8-3-9/h4H,2-3,6,9H2,1H3/t4-/m0/s1. The zero-order valence-corrected chi connectivity index (χ0v) is 7.84. The number of carbonyl (C=O) groups excluding carboxylic acids is 1. The third-order valence-electron chi connectivity index (χ3n) is 0.875. The molecule has 0 saturated heterocycles. The lowest BCUT2D eigenvalue weighted by Crippen LogP contribution is -2.34. The quantitative estimate of drug-likeness (QED) is 0.492. The molecule has 0 heterocycles. The van der Waals surface area contributed by atoms with Crippen LogP contribution < -0.4 is 5.73 Å². The Balaban J connectivity index is 3.49. The van der Waals surface area contributed by atoms with Crippen molar-refractivity contribution in [3.8, 4) is 0 Å². The van der Waals surface area contributed by atoms with E-state index in [2.05, 4.69) is 14.0 Å². The second-order valence-electron chi connectivity index (χ2n) is 1.69. The minimum absolute atomic E-state index is 0.320. The van der Waals surface area contributed by atoms with Crippen molar-refractivity contribution >= 4 is 27.0 Å². The number of esters is 1. The number of thioether (sulfide) groups is 1. The van der Waals surface area contributed by atoms with Crippen LogP contribution in [0.15, 0.2) is 0 Å². The molecule has 0 aromatic carbocycles. The van der Waals surface area contributed by atoms with Gasteiger partial charge in [0.25, 0.3) is 0 Å². The van der Waals surface area contributed by atoms with E-state index in [9.17, 15) is 4.79 Å². The molecule has 2 N–H and O–H groups in total. The molecular weight excluding hydrogens is 169 g/mol. The van der Waals surface area contributed by atoms with Gasteiger partial charge in [0.2, 0.25) is 0 Å². The largest absolute Gasteiger partial charge is 0.460 e. The van der Waals surface area contributed by atoms with Crippen molar-refractivity contribution in [1.82, 2.24) is 0 Å². The Morgan fingerprint density at radius 3 is 2.90 bits per heavy atom. The monoisotopic (exact) mass is 181 g/mol.